The summed E-state index contributed by atoms with van der Waals surface area (Å²) in [6, 6.07) is 60.9. The third-order valence-corrected chi connectivity index (χ3v) is 20.4. The van der Waals surface area contributed by atoms with Gasteiger partial charge in [-0.05, 0) is 133 Å². The Balaban J connectivity index is 1.12. The molecule has 0 amide bonds. The Morgan fingerprint density at radius 1 is 0.368 bits per heavy atom. The minimum atomic E-state index is -2.77. The average molecular weight is 783 g/mol. The van der Waals surface area contributed by atoms with Gasteiger partial charge >= 0.3 is 0 Å². The van der Waals surface area contributed by atoms with Gasteiger partial charge in [0.25, 0.3) is 0 Å². The number of hydrogen-bond acceptors (Lipinski definition) is 2. The van der Waals surface area contributed by atoms with Gasteiger partial charge in [-0.2, -0.15) is 0 Å². The number of nitrogens with zero attached hydrogens (tertiary/aromatic N) is 2. The van der Waals surface area contributed by atoms with E-state index in [1.165, 1.54) is 118 Å². The number of benzene rings is 8. The third kappa shape index (κ3) is 4.68. The smallest absolute Gasteiger partial charge is 0.184 e. The fraction of sp³-hybridized carbons (Fsp3) is 0.0769. The molecule has 0 fully saturated rings. The molecule has 4 heterocycles. The van der Waals surface area contributed by atoms with Gasteiger partial charge in [-0.1, -0.05) is 119 Å². The molecule has 5 heteroatoms. The van der Waals surface area contributed by atoms with Crippen molar-refractivity contribution < 1.29 is 0 Å². The highest BCUT2D eigenvalue weighted by Crippen LogP contribution is 2.44. The standard InChI is InChI=1S/C52H38N2S2Si/c1-31-13-19-42-38(25-31)39-26-32(2)14-20-43(39)53(42)35-17-23-50-48(29-35)55-46-11-8-12-47-52(46)57(50,37-9-6-5-7-10-37)51-24-18-36(30-49(51)56-47)54-44-21-15-33(3)27-40(44)41-28-34(4)16-22-45(41)54/h5-30H,1-4H3. The van der Waals surface area contributed by atoms with Crippen molar-refractivity contribution in [3.8, 4) is 11.4 Å². The Labute approximate surface area is 341 Å². The van der Waals surface area contributed by atoms with Crippen LogP contribution in [0.3, 0.4) is 0 Å². The molecular weight excluding hydrogens is 745 g/mol. The molecule has 10 aromatic rings. The summed E-state index contributed by atoms with van der Waals surface area (Å²) in [6.07, 6.45) is 0. The first-order chi connectivity index (χ1) is 27.9. The lowest BCUT2D eigenvalue weighted by Gasteiger charge is -2.44. The van der Waals surface area contributed by atoms with Crippen molar-refractivity contribution in [2.75, 3.05) is 0 Å². The zero-order valence-corrected chi connectivity index (χ0v) is 34.9. The summed E-state index contributed by atoms with van der Waals surface area (Å²) < 4.78 is 4.97. The first kappa shape index (κ1) is 33.4. The molecule has 0 spiro atoms. The van der Waals surface area contributed by atoms with Crippen LogP contribution in [0.15, 0.2) is 177 Å². The van der Waals surface area contributed by atoms with Crippen LogP contribution in [0.4, 0.5) is 0 Å². The molecule has 57 heavy (non-hydrogen) atoms. The minimum absolute atomic E-state index is 1.21. The van der Waals surface area contributed by atoms with Crippen LogP contribution in [0, 0.1) is 27.7 Å². The Morgan fingerprint density at radius 3 is 1.18 bits per heavy atom. The quantitative estimate of drug-likeness (QED) is 0.165. The molecule has 0 bridgehead atoms. The van der Waals surface area contributed by atoms with Crippen LogP contribution < -0.4 is 20.7 Å². The molecule has 0 saturated heterocycles. The molecule has 12 rings (SSSR count). The summed E-state index contributed by atoms with van der Waals surface area (Å²) in [5.41, 5.74) is 12.6. The number of rotatable bonds is 3. The summed E-state index contributed by atoms with van der Waals surface area (Å²) >= 11 is 3.91. The lowest BCUT2D eigenvalue weighted by atomic mass is 10.1. The maximum absolute atomic E-state index is 2.77. The minimum Gasteiger partial charge on any atom is -0.309 e. The summed E-state index contributed by atoms with van der Waals surface area (Å²) in [4.78, 5) is 5.49. The van der Waals surface area contributed by atoms with E-state index in [0.29, 0.717) is 0 Å². The fourth-order valence-electron chi connectivity index (χ4n) is 9.99. The van der Waals surface area contributed by atoms with Crippen molar-refractivity contribution in [3.63, 3.8) is 0 Å². The van der Waals surface area contributed by atoms with Gasteiger partial charge in [0.2, 0.25) is 0 Å². The lowest BCUT2D eigenvalue weighted by molar-refractivity contribution is 1.16. The summed E-state index contributed by atoms with van der Waals surface area (Å²) in [5, 5.41) is 11.2. The van der Waals surface area contributed by atoms with E-state index in [-0.39, 0.29) is 0 Å². The predicted molar refractivity (Wildman–Crippen MR) is 246 cm³/mol. The molecule has 8 aromatic carbocycles. The van der Waals surface area contributed by atoms with Gasteiger partial charge < -0.3 is 9.13 Å². The van der Waals surface area contributed by atoms with Crippen LogP contribution >= 0.6 is 23.5 Å². The molecule has 0 unspecified atom stereocenters. The highest BCUT2D eigenvalue weighted by atomic mass is 32.2. The van der Waals surface area contributed by atoms with Crippen molar-refractivity contribution in [1.29, 1.82) is 0 Å². The van der Waals surface area contributed by atoms with Crippen LogP contribution in [0.25, 0.3) is 55.0 Å². The van der Waals surface area contributed by atoms with Gasteiger partial charge in [-0.15, -0.1) is 0 Å². The van der Waals surface area contributed by atoms with Gasteiger partial charge in [0.05, 0.1) is 22.1 Å². The Bertz CT molecular complexity index is 3040. The first-order valence-corrected chi connectivity index (χ1v) is 23.4. The molecule has 0 N–H and O–H groups in total. The van der Waals surface area contributed by atoms with Crippen molar-refractivity contribution >= 4 is 96.0 Å². The van der Waals surface area contributed by atoms with E-state index < -0.39 is 8.07 Å². The van der Waals surface area contributed by atoms with Crippen molar-refractivity contribution in [1.82, 2.24) is 9.13 Å². The predicted octanol–water partition coefficient (Wildman–Crippen LogP) is 11.4. The largest absolute Gasteiger partial charge is 0.309 e. The molecule has 0 aliphatic carbocycles. The van der Waals surface area contributed by atoms with Crippen molar-refractivity contribution in [2.45, 2.75) is 47.3 Å². The Morgan fingerprint density at radius 2 is 0.772 bits per heavy atom. The van der Waals surface area contributed by atoms with E-state index in [1.807, 2.05) is 23.5 Å². The summed E-state index contributed by atoms with van der Waals surface area (Å²) in [5.74, 6) is 0. The van der Waals surface area contributed by atoms with E-state index >= 15 is 0 Å². The van der Waals surface area contributed by atoms with E-state index in [4.69, 9.17) is 0 Å². The fourth-order valence-corrected chi connectivity index (χ4v) is 19.3. The van der Waals surface area contributed by atoms with Gasteiger partial charge in [-0.25, -0.2) is 0 Å². The summed E-state index contributed by atoms with van der Waals surface area (Å²) in [7, 11) is -2.77. The molecule has 0 saturated carbocycles. The van der Waals surface area contributed by atoms with Crippen LogP contribution in [-0.4, -0.2) is 17.2 Å². The number of hydrogen-bond donors (Lipinski definition) is 0. The van der Waals surface area contributed by atoms with Gasteiger partial charge in [0, 0.05) is 52.5 Å². The van der Waals surface area contributed by atoms with Crippen molar-refractivity contribution in [2.24, 2.45) is 0 Å². The van der Waals surface area contributed by atoms with Crippen LogP contribution in [0.5, 0.6) is 0 Å². The molecule has 272 valence electrons. The molecule has 2 aliphatic heterocycles. The zero-order valence-electron chi connectivity index (χ0n) is 32.2. The van der Waals surface area contributed by atoms with Crippen LogP contribution in [0.1, 0.15) is 22.3 Å². The van der Waals surface area contributed by atoms with Crippen LogP contribution in [-0.2, 0) is 0 Å². The topological polar surface area (TPSA) is 9.86 Å². The first-order valence-electron chi connectivity index (χ1n) is 19.7. The normalized spacial score (nSPS) is 14.0. The SMILES string of the molecule is Cc1ccc2c(c1)c1cc(C)ccc1n2-c1ccc2c(c1)Sc1cccc3c1[Si]2(c1ccccc1)c1ccc(-n2c4ccc(C)cc4c4cc(C)ccc42)cc1S3. The van der Waals surface area contributed by atoms with Gasteiger partial charge in [0.15, 0.2) is 8.07 Å². The molecular formula is C52H38N2S2Si. The van der Waals surface area contributed by atoms with E-state index in [1.54, 1.807) is 0 Å². The Kier molecular flexibility index (Phi) is 7.12. The number of aromatic nitrogens is 2. The number of aryl methyl sites for hydroxylation is 4. The highest BCUT2D eigenvalue weighted by Gasteiger charge is 2.51. The second-order valence-electron chi connectivity index (χ2n) is 16.1. The van der Waals surface area contributed by atoms with E-state index in [0.717, 1.165) is 0 Å². The van der Waals surface area contributed by atoms with Crippen molar-refractivity contribution in [3.05, 3.63) is 180 Å². The summed E-state index contributed by atoms with van der Waals surface area (Å²) in [6.45, 7) is 8.78. The third-order valence-electron chi connectivity index (χ3n) is 12.4. The van der Waals surface area contributed by atoms with E-state index in [2.05, 4.69) is 195 Å². The van der Waals surface area contributed by atoms with Gasteiger partial charge in [0.1, 0.15) is 0 Å². The zero-order chi connectivity index (χ0) is 38.2. The monoisotopic (exact) mass is 782 g/mol. The second-order valence-corrected chi connectivity index (χ2v) is 21.9. The maximum Gasteiger partial charge on any atom is 0.184 e. The molecule has 2 nitrogen and oxygen atoms in total. The Hall–Kier alpha value is -5.72. The number of fused-ring (bicyclic) bond motifs is 10. The van der Waals surface area contributed by atoms with E-state index in [9.17, 15) is 0 Å². The lowest BCUT2D eigenvalue weighted by Crippen LogP contribution is -2.78. The highest BCUT2D eigenvalue weighted by molar-refractivity contribution is 8.01. The molecule has 0 radical (unpaired) electrons. The molecule has 2 aromatic heterocycles. The average Bonchev–Trinajstić information content (AvgIpc) is 3.71. The maximum atomic E-state index is 2.50. The molecule has 2 aliphatic rings. The van der Waals surface area contributed by atoms with Gasteiger partial charge in [-0.3, -0.25) is 0 Å². The second kappa shape index (κ2) is 12.1. The van der Waals surface area contributed by atoms with Crippen LogP contribution in [0.2, 0.25) is 0 Å². The molecule has 0 atom stereocenters.